The number of hydrogen-bond acceptors (Lipinski definition) is 7. The van der Waals surface area contributed by atoms with E-state index in [0.29, 0.717) is 31.9 Å². The van der Waals surface area contributed by atoms with Gasteiger partial charge in [-0.3, -0.25) is 14.9 Å². The van der Waals surface area contributed by atoms with Crippen molar-refractivity contribution < 1.29 is 24.0 Å². The highest BCUT2D eigenvalue weighted by Crippen LogP contribution is 2.21. The molecule has 29 heavy (non-hydrogen) atoms. The molecule has 0 atom stereocenters. The molecule has 0 radical (unpaired) electrons. The molecule has 1 saturated heterocycles. The number of hydrogen-bond donors (Lipinski definition) is 0. The number of non-ortho nitro benzene ring substituents is 1. The molecular formula is C19H17N5O5. The highest BCUT2D eigenvalue weighted by Gasteiger charge is 2.33. The van der Waals surface area contributed by atoms with Crippen LogP contribution in [0.3, 0.4) is 0 Å². The fourth-order valence-electron chi connectivity index (χ4n) is 3.27. The van der Waals surface area contributed by atoms with E-state index in [1.54, 1.807) is 41.3 Å². The van der Waals surface area contributed by atoms with E-state index in [-0.39, 0.29) is 11.4 Å². The lowest BCUT2D eigenvalue weighted by molar-refractivity contribution is -0.672. The van der Waals surface area contributed by atoms with Crippen LogP contribution in [0.1, 0.15) is 10.5 Å². The Morgan fingerprint density at radius 3 is 2.31 bits per heavy atom. The van der Waals surface area contributed by atoms with Gasteiger partial charge in [0.15, 0.2) is 5.95 Å². The van der Waals surface area contributed by atoms with E-state index in [2.05, 4.69) is 5.27 Å². The topological polar surface area (TPSA) is 120 Å². The number of para-hydroxylation sites is 1. The van der Waals surface area contributed by atoms with Gasteiger partial charge in [-0.15, -0.1) is 0 Å². The highest BCUT2D eigenvalue weighted by molar-refractivity contribution is 5.92. The third-order valence-corrected chi connectivity index (χ3v) is 4.81. The molecular weight excluding hydrogens is 378 g/mol. The molecule has 1 aliphatic heterocycles. The number of benzene rings is 2. The molecule has 1 aromatic heterocycles. The summed E-state index contributed by atoms with van der Waals surface area (Å²) in [6.07, 6.45) is 0. The summed E-state index contributed by atoms with van der Waals surface area (Å²) in [6.45, 7) is 1.87. The lowest BCUT2D eigenvalue weighted by atomic mass is 10.2. The largest absolute Gasteiger partial charge is 0.538 e. The first-order valence-electron chi connectivity index (χ1n) is 8.98. The predicted molar refractivity (Wildman–Crippen MR) is 98.7 cm³/mol. The summed E-state index contributed by atoms with van der Waals surface area (Å²) in [6, 6.07) is 15.1. The average molecular weight is 395 g/mol. The van der Waals surface area contributed by atoms with Crippen LogP contribution < -0.4 is 14.7 Å². The second-order valence-corrected chi connectivity index (χ2v) is 6.51. The molecule has 0 unspecified atom stereocenters. The van der Waals surface area contributed by atoms with Gasteiger partial charge in [0.1, 0.15) is 0 Å². The Kier molecular flexibility index (Phi) is 4.82. The van der Waals surface area contributed by atoms with Crippen LogP contribution in [0, 0.1) is 10.1 Å². The molecule has 0 spiro atoms. The van der Waals surface area contributed by atoms with Crippen LogP contribution in [0.5, 0.6) is 5.95 Å². The van der Waals surface area contributed by atoms with Gasteiger partial charge in [0, 0.05) is 56.1 Å². The molecule has 1 fully saturated rings. The zero-order valence-corrected chi connectivity index (χ0v) is 15.3. The monoisotopic (exact) mass is 395 g/mol. The van der Waals surface area contributed by atoms with Crippen molar-refractivity contribution in [3.8, 4) is 11.6 Å². The van der Waals surface area contributed by atoms with Crippen LogP contribution in [0.4, 0.5) is 11.4 Å². The van der Waals surface area contributed by atoms with E-state index in [0.717, 1.165) is 5.69 Å². The summed E-state index contributed by atoms with van der Waals surface area (Å²) in [4.78, 5) is 26.9. The molecule has 0 bridgehead atoms. The number of aromatic nitrogens is 2. The summed E-state index contributed by atoms with van der Waals surface area (Å²) in [5.74, 6) is -1.22. The summed E-state index contributed by atoms with van der Waals surface area (Å²) < 4.78 is 5.94. The van der Waals surface area contributed by atoms with Gasteiger partial charge in [0.2, 0.25) is 5.69 Å². The van der Waals surface area contributed by atoms with Crippen molar-refractivity contribution in [2.24, 2.45) is 0 Å². The second-order valence-electron chi connectivity index (χ2n) is 6.51. The number of nitrogens with zero attached hydrogens (tertiary/aromatic N) is 5. The summed E-state index contributed by atoms with van der Waals surface area (Å²) in [5, 5.41) is 26.6. The van der Waals surface area contributed by atoms with Crippen molar-refractivity contribution in [3.63, 3.8) is 0 Å². The van der Waals surface area contributed by atoms with Gasteiger partial charge in [-0.1, -0.05) is 18.2 Å². The molecule has 2 aromatic carbocycles. The normalized spacial score (nSPS) is 14.1. The molecule has 0 aliphatic carbocycles. The minimum absolute atomic E-state index is 0.0310. The number of anilines is 1. The molecule has 0 saturated carbocycles. The standard InChI is InChI=1S/C19H17N5O5/c25-18(17-19(26)29-20-23(17)15-4-2-1-3-5-15)22-12-10-21(11-13-22)14-6-8-16(9-7-14)24(27)28/h1-9H,10-13H2. The van der Waals surface area contributed by atoms with Gasteiger partial charge >= 0.3 is 11.6 Å². The summed E-state index contributed by atoms with van der Waals surface area (Å²) in [7, 11) is 0. The molecule has 1 aliphatic rings. The van der Waals surface area contributed by atoms with E-state index in [1.807, 2.05) is 11.0 Å². The van der Waals surface area contributed by atoms with Crippen molar-refractivity contribution in [3.05, 3.63) is 70.4 Å². The van der Waals surface area contributed by atoms with Crippen molar-refractivity contribution in [1.29, 1.82) is 0 Å². The zero-order valence-electron chi connectivity index (χ0n) is 15.3. The maximum Gasteiger partial charge on any atom is 0.327 e. The summed E-state index contributed by atoms with van der Waals surface area (Å²) in [5.41, 5.74) is 1.30. The third kappa shape index (κ3) is 3.59. The Hall–Kier alpha value is -3.95. The Bertz CT molecular complexity index is 1030. The lowest BCUT2D eigenvalue weighted by Crippen LogP contribution is -2.51. The van der Waals surface area contributed by atoms with E-state index in [4.69, 9.17) is 4.52 Å². The van der Waals surface area contributed by atoms with Crippen LogP contribution in [-0.2, 0) is 0 Å². The summed E-state index contributed by atoms with van der Waals surface area (Å²) >= 11 is 0. The fourth-order valence-corrected chi connectivity index (χ4v) is 3.27. The van der Waals surface area contributed by atoms with Gasteiger partial charge in [-0.05, 0) is 16.8 Å². The third-order valence-electron chi connectivity index (χ3n) is 4.81. The maximum absolute atomic E-state index is 13.0. The molecule has 2 heterocycles. The fraction of sp³-hybridized carbons (Fsp3) is 0.211. The molecule has 4 rings (SSSR count). The molecule has 10 nitrogen and oxygen atoms in total. The van der Waals surface area contributed by atoms with Gasteiger partial charge < -0.3 is 19.4 Å². The predicted octanol–water partition coefficient (Wildman–Crippen LogP) is 0.895. The Balaban J connectivity index is 1.47. The minimum Gasteiger partial charge on any atom is -0.538 e. The van der Waals surface area contributed by atoms with Crippen molar-refractivity contribution in [1.82, 2.24) is 10.2 Å². The van der Waals surface area contributed by atoms with E-state index in [1.165, 1.54) is 16.8 Å². The number of amides is 1. The van der Waals surface area contributed by atoms with E-state index in [9.17, 15) is 20.0 Å². The lowest BCUT2D eigenvalue weighted by Gasteiger charge is -2.35. The first kappa shape index (κ1) is 18.4. The van der Waals surface area contributed by atoms with Gasteiger partial charge in [0.05, 0.1) is 10.2 Å². The first-order valence-corrected chi connectivity index (χ1v) is 8.98. The zero-order chi connectivity index (χ0) is 20.4. The quantitative estimate of drug-likeness (QED) is 0.366. The Labute approximate surface area is 165 Å². The highest BCUT2D eigenvalue weighted by atomic mass is 16.6. The van der Waals surface area contributed by atoms with Crippen molar-refractivity contribution in [2.45, 2.75) is 0 Å². The SMILES string of the molecule is O=C(c1c([O-])on[n+]1-c1ccccc1)N1CCN(c2ccc([N+](=O)[O-])cc2)CC1. The minimum atomic E-state index is -0.781. The number of carbonyl (C=O) groups is 1. The van der Waals surface area contributed by atoms with Crippen LogP contribution in [0.25, 0.3) is 5.69 Å². The molecule has 1 amide bonds. The van der Waals surface area contributed by atoms with Gasteiger partial charge in [-0.25, -0.2) is 0 Å². The average Bonchev–Trinajstić information content (AvgIpc) is 3.15. The van der Waals surface area contributed by atoms with Gasteiger partial charge in [0.25, 0.3) is 5.69 Å². The molecule has 10 heteroatoms. The molecule has 148 valence electrons. The van der Waals surface area contributed by atoms with E-state index >= 15 is 0 Å². The van der Waals surface area contributed by atoms with Crippen LogP contribution in [-0.4, -0.2) is 47.2 Å². The number of piperazine rings is 1. The number of nitro groups is 1. The smallest absolute Gasteiger partial charge is 0.327 e. The van der Waals surface area contributed by atoms with Crippen LogP contribution >= 0.6 is 0 Å². The Morgan fingerprint density at radius 1 is 1.03 bits per heavy atom. The number of nitro benzene ring substituents is 1. The Morgan fingerprint density at radius 2 is 1.69 bits per heavy atom. The van der Waals surface area contributed by atoms with Crippen LogP contribution in [0.2, 0.25) is 0 Å². The number of rotatable bonds is 4. The maximum atomic E-state index is 13.0. The molecule has 3 aromatic rings. The van der Waals surface area contributed by atoms with Crippen molar-refractivity contribution >= 4 is 17.3 Å². The molecule has 0 N–H and O–H groups in total. The number of carbonyl (C=O) groups excluding carboxylic acids is 1. The van der Waals surface area contributed by atoms with Crippen molar-refractivity contribution in [2.75, 3.05) is 31.1 Å². The van der Waals surface area contributed by atoms with Crippen LogP contribution in [0.15, 0.2) is 59.1 Å². The first-order chi connectivity index (χ1) is 14.0. The van der Waals surface area contributed by atoms with E-state index < -0.39 is 16.8 Å². The second kappa shape index (κ2) is 7.58. The van der Waals surface area contributed by atoms with Gasteiger partial charge in [-0.2, -0.15) is 0 Å².